The second-order valence-corrected chi connectivity index (χ2v) is 5.77. The number of ether oxygens (including phenoxy) is 2. The summed E-state index contributed by atoms with van der Waals surface area (Å²) >= 11 is 0. The highest BCUT2D eigenvalue weighted by atomic mass is 16.5. The number of rotatable bonds is 3. The number of Topliss-reactive ketones (excluding diaryl/α,β-unsaturated/α-hetero) is 1. The molecule has 25 heavy (non-hydrogen) atoms. The van der Waals surface area contributed by atoms with E-state index in [0.717, 1.165) is 17.1 Å². The van der Waals surface area contributed by atoms with E-state index in [2.05, 4.69) is 0 Å². The fourth-order valence-electron chi connectivity index (χ4n) is 2.74. The molecule has 0 spiro atoms. The molecule has 0 bridgehead atoms. The van der Waals surface area contributed by atoms with Gasteiger partial charge in [0.05, 0.1) is 5.56 Å². The largest absolute Gasteiger partial charge is 0.488 e. The van der Waals surface area contributed by atoms with Crippen LogP contribution in [0.25, 0.3) is 6.08 Å². The minimum atomic E-state index is 0.0199. The fourth-order valence-corrected chi connectivity index (χ4v) is 2.74. The lowest BCUT2D eigenvalue weighted by atomic mass is 9.98. The van der Waals surface area contributed by atoms with Gasteiger partial charge in [-0.1, -0.05) is 42.5 Å². The zero-order chi connectivity index (χ0) is 17.1. The Morgan fingerprint density at radius 3 is 2.28 bits per heavy atom. The molecule has 0 aliphatic carbocycles. The van der Waals surface area contributed by atoms with Gasteiger partial charge in [-0.05, 0) is 48.0 Å². The molecule has 0 amide bonds. The lowest BCUT2D eigenvalue weighted by molar-refractivity contribution is 0.100. The van der Waals surface area contributed by atoms with Gasteiger partial charge in [0, 0.05) is 5.57 Å². The van der Waals surface area contributed by atoms with E-state index in [-0.39, 0.29) is 12.4 Å². The van der Waals surface area contributed by atoms with Crippen LogP contribution in [0.15, 0.2) is 84.4 Å². The molecule has 122 valence electrons. The Bertz CT molecular complexity index is 925. The van der Waals surface area contributed by atoms with Crippen LogP contribution in [0.2, 0.25) is 0 Å². The first-order chi connectivity index (χ1) is 12.3. The molecule has 0 atom stereocenters. The average Bonchev–Trinajstić information content (AvgIpc) is 2.67. The van der Waals surface area contributed by atoms with Crippen molar-refractivity contribution in [1.29, 1.82) is 0 Å². The van der Waals surface area contributed by atoms with Gasteiger partial charge in [-0.2, -0.15) is 0 Å². The van der Waals surface area contributed by atoms with Crippen molar-refractivity contribution in [2.24, 2.45) is 0 Å². The lowest BCUT2D eigenvalue weighted by Crippen LogP contribution is -2.18. The number of ketones is 1. The van der Waals surface area contributed by atoms with Gasteiger partial charge in [-0.3, -0.25) is 4.79 Å². The van der Waals surface area contributed by atoms with Crippen LogP contribution in [-0.4, -0.2) is 12.4 Å². The van der Waals surface area contributed by atoms with Gasteiger partial charge in [0.15, 0.2) is 5.78 Å². The van der Waals surface area contributed by atoms with Crippen molar-refractivity contribution in [3.8, 4) is 17.2 Å². The number of hydrogen-bond donors (Lipinski definition) is 0. The molecule has 3 nitrogen and oxygen atoms in total. The van der Waals surface area contributed by atoms with Gasteiger partial charge < -0.3 is 9.47 Å². The van der Waals surface area contributed by atoms with Crippen LogP contribution in [0.1, 0.15) is 15.9 Å². The van der Waals surface area contributed by atoms with E-state index in [1.165, 1.54) is 0 Å². The van der Waals surface area contributed by atoms with Crippen molar-refractivity contribution in [1.82, 2.24) is 0 Å². The maximum Gasteiger partial charge on any atom is 0.196 e. The van der Waals surface area contributed by atoms with Crippen LogP contribution >= 0.6 is 0 Å². The molecule has 3 aromatic rings. The van der Waals surface area contributed by atoms with Crippen molar-refractivity contribution in [2.45, 2.75) is 0 Å². The SMILES string of the molecule is O=C1/C(=C\c2ccc(Oc3ccccc3)cc2)COc2ccccc21. The highest BCUT2D eigenvalue weighted by molar-refractivity contribution is 6.14. The standard InChI is InChI=1S/C22H16O3/c23-22-17(15-24-21-9-5-4-8-20(21)22)14-16-10-12-19(13-11-16)25-18-6-2-1-3-7-18/h1-14H,15H2/b17-14-. The smallest absolute Gasteiger partial charge is 0.196 e. The summed E-state index contributed by atoms with van der Waals surface area (Å²) < 4.78 is 11.4. The van der Waals surface area contributed by atoms with Crippen molar-refractivity contribution in [2.75, 3.05) is 6.61 Å². The van der Waals surface area contributed by atoms with E-state index in [0.29, 0.717) is 16.9 Å². The zero-order valence-electron chi connectivity index (χ0n) is 13.5. The summed E-state index contributed by atoms with van der Waals surface area (Å²) in [4.78, 5) is 12.6. The first-order valence-electron chi connectivity index (χ1n) is 8.10. The van der Waals surface area contributed by atoms with Crippen LogP contribution in [0.5, 0.6) is 17.2 Å². The zero-order valence-corrected chi connectivity index (χ0v) is 13.5. The maximum atomic E-state index is 12.6. The lowest BCUT2D eigenvalue weighted by Gasteiger charge is -2.18. The Morgan fingerprint density at radius 1 is 0.800 bits per heavy atom. The summed E-state index contributed by atoms with van der Waals surface area (Å²) in [7, 11) is 0. The van der Waals surface area contributed by atoms with Crippen LogP contribution in [-0.2, 0) is 0 Å². The second-order valence-electron chi connectivity index (χ2n) is 5.77. The second kappa shape index (κ2) is 6.65. The molecule has 3 aromatic carbocycles. The van der Waals surface area contributed by atoms with Gasteiger partial charge in [-0.15, -0.1) is 0 Å². The van der Waals surface area contributed by atoms with Gasteiger partial charge >= 0.3 is 0 Å². The third-order valence-corrected chi connectivity index (χ3v) is 4.01. The monoisotopic (exact) mass is 328 g/mol. The Labute approximate surface area is 146 Å². The number of carbonyl (C=O) groups excluding carboxylic acids is 1. The van der Waals surface area contributed by atoms with Crippen LogP contribution in [0.3, 0.4) is 0 Å². The summed E-state index contributed by atoms with van der Waals surface area (Å²) in [6, 6.07) is 24.6. The molecule has 1 heterocycles. The molecular weight excluding hydrogens is 312 g/mol. The molecule has 0 unspecified atom stereocenters. The summed E-state index contributed by atoms with van der Waals surface area (Å²) in [5.41, 5.74) is 2.20. The molecule has 1 aliphatic rings. The third kappa shape index (κ3) is 3.31. The predicted octanol–water partition coefficient (Wildman–Crippen LogP) is 5.14. The quantitative estimate of drug-likeness (QED) is 0.625. The van der Waals surface area contributed by atoms with E-state index >= 15 is 0 Å². The van der Waals surface area contributed by atoms with E-state index in [1.807, 2.05) is 78.9 Å². The van der Waals surface area contributed by atoms with Crippen LogP contribution in [0.4, 0.5) is 0 Å². The van der Waals surface area contributed by atoms with Crippen molar-refractivity contribution in [3.05, 3.63) is 95.6 Å². The first kappa shape index (κ1) is 15.2. The Hall–Kier alpha value is -3.33. The molecule has 3 heteroatoms. The third-order valence-electron chi connectivity index (χ3n) is 4.01. The molecule has 0 saturated carbocycles. The number of fused-ring (bicyclic) bond motifs is 1. The van der Waals surface area contributed by atoms with Crippen LogP contribution in [0, 0.1) is 0 Å². The van der Waals surface area contributed by atoms with E-state index in [9.17, 15) is 4.79 Å². The van der Waals surface area contributed by atoms with E-state index < -0.39 is 0 Å². The number of hydrogen-bond acceptors (Lipinski definition) is 3. The van der Waals surface area contributed by atoms with Gasteiger partial charge in [0.1, 0.15) is 23.9 Å². The summed E-state index contributed by atoms with van der Waals surface area (Å²) in [6.07, 6.45) is 1.87. The maximum absolute atomic E-state index is 12.6. The average molecular weight is 328 g/mol. The molecule has 0 saturated heterocycles. The van der Waals surface area contributed by atoms with E-state index in [4.69, 9.17) is 9.47 Å². The fraction of sp³-hybridized carbons (Fsp3) is 0.0455. The van der Waals surface area contributed by atoms with Gasteiger partial charge in [0.2, 0.25) is 0 Å². The molecule has 0 N–H and O–H groups in total. The van der Waals surface area contributed by atoms with Crippen molar-refractivity contribution in [3.63, 3.8) is 0 Å². The van der Waals surface area contributed by atoms with E-state index in [1.54, 1.807) is 6.07 Å². The molecule has 1 aliphatic heterocycles. The first-order valence-corrected chi connectivity index (χ1v) is 8.10. The Morgan fingerprint density at radius 2 is 1.48 bits per heavy atom. The van der Waals surface area contributed by atoms with Crippen LogP contribution < -0.4 is 9.47 Å². The normalized spacial score (nSPS) is 14.7. The number of para-hydroxylation sites is 2. The highest BCUT2D eigenvalue weighted by Crippen LogP contribution is 2.28. The van der Waals surface area contributed by atoms with Gasteiger partial charge in [-0.25, -0.2) is 0 Å². The molecule has 4 rings (SSSR count). The minimum Gasteiger partial charge on any atom is -0.488 e. The summed E-state index contributed by atoms with van der Waals surface area (Å²) in [5.74, 6) is 2.22. The minimum absolute atomic E-state index is 0.0199. The highest BCUT2D eigenvalue weighted by Gasteiger charge is 2.22. The summed E-state index contributed by atoms with van der Waals surface area (Å²) in [6.45, 7) is 0.290. The molecule has 0 fully saturated rings. The topological polar surface area (TPSA) is 35.5 Å². The number of benzene rings is 3. The summed E-state index contributed by atoms with van der Waals surface area (Å²) in [5, 5.41) is 0. The van der Waals surface area contributed by atoms with Crippen molar-refractivity contribution >= 4 is 11.9 Å². The molecular formula is C22H16O3. The Kier molecular flexibility index (Phi) is 4.05. The molecule has 0 aromatic heterocycles. The Balaban J connectivity index is 1.53. The number of carbonyl (C=O) groups is 1. The van der Waals surface area contributed by atoms with Gasteiger partial charge in [0.25, 0.3) is 0 Å². The van der Waals surface area contributed by atoms with Crippen molar-refractivity contribution < 1.29 is 14.3 Å². The molecule has 0 radical (unpaired) electrons. The predicted molar refractivity (Wildman–Crippen MR) is 97.2 cm³/mol.